The molecule has 26 heavy (non-hydrogen) atoms. The van der Waals surface area contributed by atoms with E-state index in [4.69, 9.17) is 0 Å². The molecule has 0 bridgehead atoms. The van der Waals surface area contributed by atoms with E-state index in [0.717, 1.165) is 38.5 Å². The van der Waals surface area contributed by atoms with Crippen LogP contribution in [0.5, 0.6) is 0 Å². The van der Waals surface area contributed by atoms with Crippen molar-refractivity contribution in [3.63, 3.8) is 0 Å². The molecule has 6 heteroatoms. The summed E-state index contributed by atoms with van der Waals surface area (Å²) in [6.45, 7) is 4.91. The maximum atomic E-state index is 4.62. The SMILES string of the molecule is CN(Cc1cnc(N2CCCC2)s1)Cc1nccn1Cc1ccccc1. The van der Waals surface area contributed by atoms with Crippen molar-refractivity contribution in [1.29, 1.82) is 0 Å². The van der Waals surface area contributed by atoms with E-state index >= 15 is 0 Å². The topological polar surface area (TPSA) is 37.2 Å². The lowest BCUT2D eigenvalue weighted by molar-refractivity contribution is 0.308. The Labute approximate surface area is 158 Å². The van der Waals surface area contributed by atoms with Gasteiger partial charge in [0.25, 0.3) is 0 Å². The van der Waals surface area contributed by atoms with Gasteiger partial charge >= 0.3 is 0 Å². The summed E-state index contributed by atoms with van der Waals surface area (Å²) in [5.41, 5.74) is 1.30. The van der Waals surface area contributed by atoms with Crippen molar-refractivity contribution in [2.75, 3.05) is 25.0 Å². The van der Waals surface area contributed by atoms with Crippen molar-refractivity contribution >= 4 is 16.5 Å². The van der Waals surface area contributed by atoms with Crippen LogP contribution < -0.4 is 4.90 Å². The highest BCUT2D eigenvalue weighted by molar-refractivity contribution is 7.15. The highest BCUT2D eigenvalue weighted by atomic mass is 32.1. The van der Waals surface area contributed by atoms with Crippen molar-refractivity contribution in [3.05, 3.63) is 65.2 Å². The maximum absolute atomic E-state index is 4.62. The van der Waals surface area contributed by atoms with Gasteiger partial charge in [-0.3, -0.25) is 4.90 Å². The van der Waals surface area contributed by atoms with E-state index < -0.39 is 0 Å². The fraction of sp³-hybridized carbons (Fsp3) is 0.400. The number of hydrogen-bond acceptors (Lipinski definition) is 5. The smallest absolute Gasteiger partial charge is 0.185 e. The summed E-state index contributed by atoms with van der Waals surface area (Å²) >= 11 is 1.82. The predicted octanol–water partition coefficient (Wildman–Crippen LogP) is 3.62. The second kappa shape index (κ2) is 8.01. The molecule has 1 aromatic carbocycles. The molecule has 1 fully saturated rings. The van der Waals surface area contributed by atoms with Gasteiger partial charge in [0.05, 0.1) is 6.54 Å². The molecule has 1 saturated heterocycles. The Bertz CT molecular complexity index is 820. The first-order valence-corrected chi connectivity index (χ1v) is 10.0. The van der Waals surface area contributed by atoms with Crippen molar-refractivity contribution in [1.82, 2.24) is 19.4 Å². The number of hydrogen-bond donors (Lipinski definition) is 0. The molecular weight excluding hydrogens is 342 g/mol. The molecule has 4 rings (SSSR count). The van der Waals surface area contributed by atoms with Gasteiger partial charge in [-0.2, -0.15) is 0 Å². The van der Waals surface area contributed by atoms with E-state index in [9.17, 15) is 0 Å². The van der Waals surface area contributed by atoms with Gasteiger partial charge in [-0.25, -0.2) is 9.97 Å². The summed E-state index contributed by atoms with van der Waals surface area (Å²) in [6, 6.07) is 10.5. The Morgan fingerprint density at radius 1 is 1.08 bits per heavy atom. The minimum absolute atomic E-state index is 0.830. The zero-order chi connectivity index (χ0) is 17.8. The van der Waals surface area contributed by atoms with Crippen LogP contribution in [0.25, 0.3) is 0 Å². The number of nitrogens with zero attached hydrogens (tertiary/aromatic N) is 5. The highest BCUT2D eigenvalue weighted by Gasteiger charge is 2.16. The minimum atomic E-state index is 0.830. The van der Waals surface area contributed by atoms with E-state index in [1.54, 1.807) is 0 Å². The summed E-state index contributed by atoms with van der Waals surface area (Å²) in [5.74, 6) is 1.10. The zero-order valence-electron chi connectivity index (χ0n) is 15.2. The number of thiazole rings is 1. The lowest BCUT2D eigenvalue weighted by Crippen LogP contribution is -2.20. The van der Waals surface area contributed by atoms with Crippen molar-refractivity contribution in [2.45, 2.75) is 32.5 Å². The van der Waals surface area contributed by atoms with E-state index in [2.05, 4.69) is 67.9 Å². The second-order valence-corrected chi connectivity index (χ2v) is 8.03. The van der Waals surface area contributed by atoms with Crippen LogP contribution in [0, 0.1) is 0 Å². The maximum Gasteiger partial charge on any atom is 0.185 e. The van der Waals surface area contributed by atoms with Crippen LogP contribution in [-0.2, 0) is 19.6 Å². The van der Waals surface area contributed by atoms with Crippen molar-refractivity contribution < 1.29 is 0 Å². The number of imidazole rings is 1. The summed E-state index contributed by atoms with van der Waals surface area (Å²) in [5, 5.41) is 1.18. The highest BCUT2D eigenvalue weighted by Crippen LogP contribution is 2.26. The van der Waals surface area contributed by atoms with Gasteiger partial charge < -0.3 is 9.47 Å². The summed E-state index contributed by atoms with van der Waals surface area (Å²) in [4.78, 5) is 15.2. The molecule has 3 aromatic rings. The zero-order valence-corrected chi connectivity index (χ0v) is 16.0. The average Bonchev–Trinajstić information content (AvgIpc) is 3.38. The molecule has 5 nitrogen and oxygen atoms in total. The molecule has 0 unspecified atom stereocenters. The molecule has 1 aliphatic rings. The first kappa shape index (κ1) is 17.2. The van der Waals surface area contributed by atoms with Gasteiger partial charge in [0, 0.05) is 49.6 Å². The first-order chi connectivity index (χ1) is 12.8. The summed E-state index contributed by atoms with van der Waals surface area (Å²) in [7, 11) is 2.15. The lowest BCUT2D eigenvalue weighted by atomic mass is 10.2. The quantitative estimate of drug-likeness (QED) is 0.639. The molecule has 0 atom stereocenters. The van der Waals surface area contributed by atoms with Crippen LogP contribution in [-0.4, -0.2) is 39.6 Å². The van der Waals surface area contributed by atoms with E-state index in [1.165, 1.54) is 28.4 Å². The van der Waals surface area contributed by atoms with Crippen LogP contribution in [0.2, 0.25) is 0 Å². The standard InChI is InChI=1S/C20H25N5S/c1-23(15-18-13-22-20(26-18)24-10-5-6-11-24)16-19-21-9-12-25(19)14-17-7-3-2-4-8-17/h2-4,7-9,12-13H,5-6,10-11,14-16H2,1H3. The second-order valence-electron chi connectivity index (χ2n) is 6.93. The Balaban J connectivity index is 1.36. The van der Waals surface area contributed by atoms with Crippen molar-refractivity contribution in [3.8, 4) is 0 Å². The van der Waals surface area contributed by atoms with Crippen LogP contribution in [0.3, 0.4) is 0 Å². The van der Waals surface area contributed by atoms with E-state index in [0.29, 0.717) is 0 Å². The first-order valence-electron chi connectivity index (χ1n) is 9.20. The lowest BCUT2D eigenvalue weighted by Gasteiger charge is -2.16. The van der Waals surface area contributed by atoms with Crippen LogP contribution >= 0.6 is 11.3 Å². The van der Waals surface area contributed by atoms with Gasteiger partial charge in [-0.15, -0.1) is 11.3 Å². The predicted molar refractivity (Wildman–Crippen MR) is 107 cm³/mol. The number of anilines is 1. The van der Waals surface area contributed by atoms with E-state index in [-0.39, 0.29) is 0 Å². The molecule has 1 aliphatic heterocycles. The van der Waals surface area contributed by atoms with Crippen LogP contribution in [0.4, 0.5) is 5.13 Å². The van der Waals surface area contributed by atoms with Gasteiger partial charge in [0.2, 0.25) is 0 Å². The monoisotopic (exact) mass is 367 g/mol. The Kier molecular flexibility index (Phi) is 5.32. The van der Waals surface area contributed by atoms with Gasteiger partial charge in [0.1, 0.15) is 5.82 Å². The molecule has 0 saturated carbocycles. The molecule has 0 spiro atoms. The molecule has 0 N–H and O–H groups in total. The van der Waals surface area contributed by atoms with E-state index in [1.807, 2.05) is 23.7 Å². The Hall–Kier alpha value is -2.18. The normalized spacial score (nSPS) is 14.5. The average molecular weight is 368 g/mol. The Morgan fingerprint density at radius 2 is 1.88 bits per heavy atom. The largest absolute Gasteiger partial charge is 0.348 e. The molecule has 2 aromatic heterocycles. The van der Waals surface area contributed by atoms with Crippen LogP contribution in [0.1, 0.15) is 29.1 Å². The molecule has 3 heterocycles. The van der Waals surface area contributed by atoms with Gasteiger partial charge in [0.15, 0.2) is 5.13 Å². The number of rotatable bonds is 7. The molecule has 0 aliphatic carbocycles. The third-order valence-corrected chi connectivity index (χ3v) is 5.80. The minimum Gasteiger partial charge on any atom is -0.348 e. The number of aromatic nitrogens is 3. The third-order valence-electron chi connectivity index (χ3n) is 4.75. The molecule has 0 radical (unpaired) electrons. The summed E-state index contributed by atoms with van der Waals surface area (Å²) < 4.78 is 2.23. The Morgan fingerprint density at radius 3 is 2.69 bits per heavy atom. The fourth-order valence-corrected chi connectivity index (χ4v) is 4.45. The molecular formula is C20H25N5S. The van der Waals surface area contributed by atoms with Gasteiger partial charge in [-0.05, 0) is 25.5 Å². The number of benzene rings is 1. The van der Waals surface area contributed by atoms with Crippen LogP contribution in [0.15, 0.2) is 48.9 Å². The molecule has 136 valence electrons. The molecule has 0 amide bonds. The fourth-order valence-electron chi connectivity index (χ4n) is 3.40. The van der Waals surface area contributed by atoms with Gasteiger partial charge in [-0.1, -0.05) is 30.3 Å². The summed E-state index contributed by atoms with van der Waals surface area (Å²) in [6.07, 6.45) is 8.57. The van der Waals surface area contributed by atoms with Crippen molar-refractivity contribution in [2.24, 2.45) is 0 Å². The third kappa shape index (κ3) is 4.14.